The fourth-order valence-electron chi connectivity index (χ4n) is 3.04. The van der Waals surface area contributed by atoms with E-state index in [1.807, 2.05) is 75.3 Å². The molecular weight excluding hydrogens is 408 g/mol. The molecule has 0 radical (unpaired) electrons. The van der Waals surface area contributed by atoms with E-state index in [1.54, 1.807) is 18.2 Å². The number of carbonyl (C=O) groups is 1. The molecular formula is C24H24N4O2S. The van der Waals surface area contributed by atoms with Crippen LogP contribution in [0.4, 0.5) is 11.4 Å². The molecule has 1 amide bonds. The lowest BCUT2D eigenvalue weighted by Crippen LogP contribution is -2.33. The van der Waals surface area contributed by atoms with Crippen LogP contribution in [0.3, 0.4) is 0 Å². The van der Waals surface area contributed by atoms with Crippen LogP contribution in [0.2, 0.25) is 0 Å². The first-order valence-corrected chi connectivity index (χ1v) is 10.7. The normalized spacial score (nSPS) is 12.3. The molecule has 0 saturated heterocycles. The third kappa shape index (κ3) is 4.93. The second-order valence-corrected chi connectivity index (χ2v) is 8.29. The molecule has 0 bridgehead atoms. The van der Waals surface area contributed by atoms with Crippen molar-refractivity contribution in [3.05, 3.63) is 79.2 Å². The molecule has 1 heterocycles. The van der Waals surface area contributed by atoms with Crippen molar-refractivity contribution in [3.8, 4) is 6.07 Å². The van der Waals surface area contributed by atoms with E-state index < -0.39 is 5.91 Å². The molecule has 31 heavy (non-hydrogen) atoms. The number of aromatic nitrogens is 1. The number of thiazole rings is 1. The van der Waals surface area contributed by atoms with Gasteiger partial charge in [-0.1, -0.05) is 29.8 Å². The molecule has 6 nitrogen and oxygen atoms in total. The van der Waals surface area contributed by atoms with Crippen LogP contribution in [0.5, 0.6) is 0 Å². The summed E-state index contributed by atoms with van der Waals surface area (Å²) in [6.07, 6.45) is 1.79. The highest BCUT2D eigenvalue weighted by atomic mass is 32.1. The Morgan fingerprint density at radius 2 is 1.81 bits per heavy atom. The standard InChI is InChI=1S/C24H24N4O2S/c1-5-28-23(30)21(14-17-8-12-19(13-9-17)27(3)4)31-24(28)20(15-25)22(29)26-18-10-6-16(2)7-11-18/h6-14H,5H2,1-4H3,(H,26,29)/b21-14+,24-20+. The molecule has 3 aromatic rings. The Hall–Kier alpha value is -3.63. The number of hydrogen-bond acceptors (Lipinski definition) is 5. The summed E-state index contributed by atoms with van der Waals surface area (Å²) in [7, 11) is 3.93. The zero-order valence-electron chi connectivity index (χ0n) is 18.0. The van der Waals surface area contributed by atoms with E-state index in [2.05, 4.69) is 5.32 Å². The van der Waals surface area contributed by atoms with Gasteiger partial charge in [-0.3, -0.25) is 14.2 Å². The molecule has 0 unspecified atom stereocenters. The molecule has 7 heteroatoms. The summed E-state index contributed by atoms with van der Waals surface area (Å²) in [4.78, 5) is 27.7. The van der Waals surface area contributed by atoms with Gasteiger partial charge in [-0.15, -0.1) is 11.3 Å². The molecule has 0 saturated carbocycles. The van der Waals surface area contributed by atoms with Crippen molar-refractivity contribution in [3.63, 3.8) is 0 Å². The first-order valence-electron chi connectivity index (χ1n) is 9.85. The first kappa shape index (κ1) is 22.1. The lowest BCUT2D eigenvalue weighted by molar-refractivity contribution is -0.111. The van der Waals surface area contributed by atoms with Gasteiger partial charge in [-0.25, -0.2) is 0 Å². The predicted octanol–water partition coefficient (Wildman–Crippen LogP) is 2.45. The van der Waals surface area contributed by atoms with E-state index >= 15 is 0 Å². The third-order valence-corrected chi connectivity index (χ3v) is 5.92. The predicted molar refractivity (Wildman–Crippen MR) is 127 cm³/mol. The number of nitrogens with one attached hydrogen (secondary N) is 1. The Balaban J connectivity index is 2.08. The average molecular weight is 433 g/mol. The highest BCUT2D eigenvalue weighted by Crippen LogP contribution is 2.13. The van der Waals surface area contributed by atoms with Crippen LogP contribution in [0.15, 0.2) is 53.3 Å². The van der Waals surface area contributed by atoms with Gasteiger partial charge in [-0.05, 0) is 49.8 Å². The summed E-state index contributed by atoms with van der Waals surface area (Å²) in [5, 5.41) is 12.4. The monoisotopic (exact) mass is 432 g/mol. The third-order valence-electron chi connectivity index (χ3n) is 4.79. The van der Waals surface area contributed by atoms with Crippen molar-refractivity contribution < 1.29 is 4.79 Å². The van der Waals surface area contributed by atoms with E-state index in [9.17, 15) is 14.9 Å². The van der Waals surface area contributed by atoms with E-state index in [0.29, 0.717) is 21.4 Å². The number of hydrogen-bond donors (Lipinski definition) is 1. The van der Waals surface area contributed by atoms with Gasteiger partial charge in [0.15, 0.2) is 5.57 Å². The number of carbonyl (C=O) groups excluding carboxylic acids is 1. The summed E-state index contributed by atoms with van der Waals surface area (Å²) >= 11 is 1.15. The topological polar surface area (TPSA) is 78.1 Å². The minimum atomic E-state index is -0.531. The summed E-state index contributed by atoms with van der Waals surface area (Å²) in [6.45, 7) is 4.14. The molecule has 0 atom stereocenters. The summed E-state index contributed by atoms with van der Waals surface area (Å²) in [5.41, 5.74) is 3.31. The number of amides is 1. The van der Waals surface area contributed by atoms with Crippen molar-refractivity contribution in [2.45, 2.75) is 20.4 Å². The van der Waals surface area contributed by atoms with Gasteiger partial charge < -0.3 is 10.2 Å². The van der Waals surface area contributed by atoms with Crippen LogP contribution >= 0.6 is 11.3 Å². The Labute approximate surface area is 185 Å². The maximum Gasteiger partial charge on any atom is 0.269 e. The Morgan fingerprint density at radius 1 is 1.16 bits per heavy atom. The Kier molecular flexibility index (Phi) is 6.73. The van der Waals surface area contributed by atoms with Crippen molar-refractivity contribution in [1.29, 1.82) is 5.26 Å². The maximum atomic E-state index is 12.9. The Morgan fingerprint density at radius 3 is 2.35 bits per heavy atom. The molecule has 3 rings (SSSR count). The molecule has 2 aromatic carbocycles. The first-order chi connectivity index (χ1) is 14.8. The summed E-state index contributed by atoms with van der Waals surface area (Å²) < 4.78 is 2.30. The van der Waals surface area contributed by atoms with Crippen LogP contribution in [0.1, 0.15) is 18.1 Å². The number of rotatable bonds is 5. The van der Waals surface area contributed by atoms with Gasteiger partial charge >= 0.3 is 0 Å². The highest BCUT2D eigenvalue weighted by molar-refractivity contribution is 7.07. The molecule has 0 aliphatic carbocycles. The second kappa shape index (κ2) is 9.45. The minimum Gasteiger partial charge on any atom is -0.378 e. The van der Waals surface area contributed by atoms with Crippen molar-refractivity contribution in [1.82, 2.24) is 4.57 Å². The molecule has 0 aliphatic heterocycles. The fourth-order valence-corrected chi connectivity index (χ4v) is 4.20. The quantitative estimate of drug-likeness (QED) is 0.672. The average Bonchev–Trinajstić information content (AvgIpc) is 3.05. The molecule has 0 fully saturated rings. The number of benzene rings is 2. The minimum absolute atomic E-state index is 0.0767. The number of nitriles is 1. The number of aryl methyl sites for hydroxylation is 1. The molecule has 1 N–H and O–H groups in total. The fraction of sp³-hybridized carbons (Fsp3) is 0.208. The van der Waals surface area contributed by atoms with Crippen LogP contribution in [-0.4, -0.2) is 24.6 Å². The largest absolute Gasteiger partial charge is 0.378 e. The molecule has 1 aromatic heterocycles. The highest BCUT2D eigenvalue weighted by Gasteiger charge is 2.15. The van der Waals surface area contributed by atoms with Gasteiger partial charge in [0.05, 0.1) is 4.53 Å². The van der Waals surface area contributed by atoms with Gasteiger partial charge in [-0.2, -0.15) is 5.26 Å². The van der Waals surface area contributed by atoms with E-state index in [0.717, 1.165) is 28.2 Å². The number of nitrogens with zero attached hydrogens (tertiary/aromatic N) is 3. The van der Waals surface area contributed by atoms with Gasteiger partial charge in [0.1, 0.15) is 10.7 Å². The maximum absolute atomic E-state index is 12.9. The molecule has 0 spiro atoms. The van der Waals surface area contributed by atoms with Crippen LogP contribution in [0.25, 0.3) is 11.6 Å². The summed E-state index contributed by atoms with van der Waals surface area (Å²) in [6, 6.07) is 17.1. The molecule has 0 aliphatic rings. The van der Waals surface area contributed by atoms with Crippen molar-refractivity contribution in [2.75, 3.05) is 24.3 Å². The zero-order chi connectivity index (χ0) is 22.5. The Bertz CT molecular complexity index is 1310. The number of anilines is 2. The lowest BCUT2D eigenvalue weighted by Gasteiger charge is -2.11. The van der Waals surface area contributed by atoms with Crippen molar-refractivity contribution >= 4 is 40.3 Å². The van der Waals surface area contributed by atoms with Gasteiger partial charge in [0, 0.05) is 32.0 Å². The van der Waals surface area contributed by atoms with Crippen LogP contribution < -0.4 is 25.0 Å². The SMILES string of the molecule is CCn1c(=O)/c(=C\c2ccc(N(C)C)cc2)s/c1=C(\C#N)C(=O)Nc1ccc(C)cc1. The smallest absolute Gasteiger partial charge is 0.269 e. The van der Waals surface area contributed by atoms with Gasteiger partial charge in [0.25, 0.3) is 11.5 Å². The van der Waals surface area contributed by atoms with Crippen LogP contribution in [0, 0.1) is 18.3 Å². The lowest BCUT2D eigenvalue weighted by atomic mass is 10.2. The van der Waals surface area contributed by atoms with E-state index in [1.165, 1.54) is 4.57 Å². The van der Waals surface area contributed by atoms with E-state index in [4.69, 9.17) is 0 Å². The van der Waals surface area contributed by atoms with Crippen LogP contribution in [-0.2, 0) is 11.3 Å². The summed E-state index contributed by atoms with van der Waals surface area (Å²) in [5.74, 6) is -0.531. The molecule has 158 valence electrons. The van der Waals surface area contributed by atoms with Crippen molar-refractivity contribution in [2.24, 2.45) is 0 Å². The zero-order valence-corrected chi connectivity index (χ0v) is 18.8. The van der Waals surface area contributed by atoms with Gasteiger partial charge in [0.2, 0.25) is 0 Å². The second-order valence-electron chi connectivity index (χ2n) is 7.26. The van der Waals surface area contributed by atoms with E-state index in [-0.39, 0.29) is 11.1 Å².